The molecular weight excluding hydrogens is 277 g/mol. The van der Waals surface area contributed by atoms with Crippen molar-refractivity contribution in [1.29, 1.82) is 0 Å². The van der Waals surface area contributed by atoms with Crippen LogP contribution in [0.2, 0.25) is 0 Å². The van der Waals surface area contributed by atoms with Gasteiger partial charge in [-0.05, 0) is 17.5 Å². The van der Waals surface area contributed by atoms with E-state index in [9.17, 15) is 13.2 Å². The quantitative estimate of drug-likeness (QED) is 0.911. The summed E-state index contributed by atoms with van der Waals surface area (Å²) in [4.78, 5) is 4.96. The van der Waals surface area contributed by atoms with Gasteiger partial charge in [-0.3, -0.25) is 0 Å². The lowest BCUT2D eigenvalue weighted by Gasteiger charge is -2.09. The molecule has 0 amide bonds. The summed E-state index contributed by atoms with van der Waals surface area (Å²) in [5.41, 5.74) is 0.729. The molecule has 2 heterocycles. The monoisotopic (exact) mass is 288 g/mol. The number of nitrogens with zero attached hydrogens (tertiary/aromatic N) is 1. The number of ether oxygens (including phenoxy) is 1. The van der Waals surface area contributed by atoms with Crippen molar-refractivity contribution in [3.05, 3.63) is 40.7 Å². The maximum Gasteiger partial charge on any atom is 0.422 e. The van der Waals surface area contributed by atoms with Crippen LogP contribution < -0.4 is 10.1 Å². The first kappa shape index (κ1) is 13.7. The van der Waals surface area contributed by atoms with Crippen molar-refractivity contribution >= 4 is 17.0 Å². The van der Waals surface area contributed by atoms with Gasteiger partial charge < -0.3 is 10.1 Å². The predicted octanol–water partition coefficient (Wildman–Crippen LogP) is 3.70. The molecule has 0 spiro atoms. The minimum Gasteiger partial charge on any atom is -0.468 e. The third-order valence-electron chi connectivity index (χ3n) is 2.17. The van der Waals surface area contributed by atoms with Gasteiger partial charge in [-0.25, -0.2) is 4.98 Å². The maximum absolute atomic E-state index is 11.9. The van der Waals surface area contributed by atoms with Crippen LogP contribution in [-0.4, -0.2) is 17.8 Å². The summed E-state index contributed by atoms with van der Waals surface area (Å²) in [7, 11) is 0. The van der Waals surface area contributed by atoms with E-state index in [0.29, 0.717) is 6.54 Å². The van der Waals surface area contributed by atoms with Crippen molar-refractivity contribution < 1.29 is 17.9 Å². The lowest BCUT2D eigenvalue weighted by atomic mass is 10.4. The predicted molar refractivity (Wildman–Crippen MR) is 67.4 cm³/mol. The summed E-state index contributed by atoms with van der Waals surface area (Å²) in [5, 5.41) is 5.09. The number of nitrogens with one attached hydrogen (secondary N) is 1. The second kappa shape index (κ2) is 5.92. The summed E-state index contributed by atoms with van der Waals surface area (Å²) in [6.07, 6.45) is -2.91. The van der Waals surface area contributed by atoms with Crippen LogP contribution in [0.1, 0.15) is 4.88 Å². The molecule has 7 heteroatoms. The highest BCUT2D eigenvalue weighted by Gasteiger charge is 2.28. The average Bonchev–Trinajstić information content (AvgIpc) is 2.87. The highest BCUT2D eigenvalue weighted by Crippen LogP contribution is 2.18. The molecule has 1 N–H and O–H groups in total. The number of halogens is 3. The van der Waals surface area contributed by atoms with Crippen LogP contribution in [0, 0.1) is 0 Å². The van der Waals surface area contributed by atoms with Gasteiger partial charge in [0.05, 0.1) is 11.9 Å². The van der Waals surface area contributed by atoms with E-state index < -0.39 is 12.8 Å². The minimum absolute atomic E-state index is 0.0426. The molecule has 2 aromatic heterocycles. The van der Waals surface area contributed by atoms with Crippen molar-refractivity contribution in [2.24, 2.45) is 0 Å². The number of alkyl halides is 3. The van der Waals surface area contributed by atoms with Gasteiger partial charge in [0.2, 0.25) is 5.88 Å². The molecule has 0 saturated carbocycles. The Kier molecular flexibility index (Phi) is 4.26. The van der Waals surface area contributed by atoms with Crippen molar-refractivity contribution in [3.8, 4) is 5.88 Å². The summed E-state index contributed by atoms with van der Waals surface area (Å²) in [5.74, 6) is -0.0426. The second-order valence-electron chi connectivity index (χ2n) is 3.72. The molecular formula is C12H11F3N2OS. The Morgan fingerprint density at radius 1 is 1.26 bits per heavy atom. The highest BCUT2D eigenvalue weighted by molar-refractivity contribution is 7.09. The van der Waals surface area contributed by atoms with Gasteiger partial charge >= 0.3 is 6.18 Å². The minimum atomic E-state index is -4.35. The summed E-state index contributed by atoms with van der Waals surface area (Å²) < 4.78 is 40.3. The Balaban J connectivity index is 1.84. The van der Waals surface area contributed by atoms with Crippen LogP contribution in [-0.2, 0) is 6.54 Å². The molecule has 2 aromatic rings. The van der Waals surface area contributed by atoms with Crippen LogP contribution in [0.4, 0.5) is 18.9 Å². The zero-order chi connectivity index (χ0) is 13.7. The lowest BCUT2D eigenvalue weighted by Crippen LogP contribution is -2.19. The topological polar surface area (TPSA) is 34.1 Å². The van der Waals surface area contributed by atoms with Gasteiger partial charge in [-0.15, -0.1) is 11.3 Å². The molecule has 0 aliphatic heterocycles. The molecule has 0 aliphatic rings. The summed E-state index contributed by atoms with van der Waals surface area (Å²) >= 11 is 1.62. The molecule has 0 aliphatic carbocycles. The smallest absolute Gasteiger partial charge is 0.422 e. The standard InChI is InChI=1S/C12H11F3N2OS/c13-12(14,15)8-18-11-4-3-9(6-17-11)16-7-10-2-1-5-19-10/h1-6,16H,7-8H2. The van der Waals surface area contributed by atoms with Crippen molar-refractivity contribution in [3.63, 3.8) is 0 Å². The van der Waals surface area contributed by atoms with E-state index in [0.717, 1.165) is 10.6 Å². The van der Waals surface area contributed by atoms with Crippen LogP contribution in [0.5, 0.6) is 5.88 Å². The zero-order valence-corrected chi connectivity index (χ0v) is 10.6. The highest BCUT2D eigenvalue weighted by atomic mass is 32.1. The van der Waals surface area contributed by atoms with Crippen molar-refractivity contribution in [1.82, 2.24) is 4.98 Å². The number of hydrogen-bond acceptors (Lipinski definition) is 4. The van der Waals surface area contributed by atoms with E-state index in [1.54, 1.807) is 17.4 Å². The Morgan fingerprint density at radius 2 is 2.11 bits per heavy atom. The normalized spacial score (nSPS) is 11.3. The molecule has 0 aromatic carbocycles. The number of hydrogen-bond donors (Lipinski definition) is 1. The van der Waals surface area contributed by atoms with Gasteiger partial charge in [0.1, 0.15) is 0 Å². The van der Waals surface area contributed by atoms with Crippen molar-refractivity contribution in [2.45, 2.75) is 12.7 Å². The number of rotatable bonds is 5. The van der Waals surface area contributed by atoms with Gasteiger partial charge in [0.25, 0.3) is 0 Å². The van der Waals surface area contributed by atoms with Crippen LogP contribution >= 0.6 is 11.3 Å². The Morgan fingerprint density at radius 3 is 2.68 bits per heavy atom. The third-order valence-corrected chi connectivity index (χ3v) is 3.04. The molecule has 2 rings (SSSR count). The van der Waals surface area contributed by atoms with E-state index in [1.807, 2.05) is 17.5 Å². The number of anilines is 1. The Hall–Kier alpha value is -1.76. The fourth-order valence-corrected chi connectivity index (χ4v) is 1.97. The third kappa shape index (κ3) is 4.78. The van der Waals surface area contributed by atoms with Crippen LogP contribution in [0.25, 0.3) is 0 Å². The Bertz CT molecular complexity index is 497. The van der Waals surface area contributed by atoms with E-state index in [4.69, 9.17) is 0 Å². The molecule has 0 radical (unpaired) electrons. The Labute approximate surface area is 112 Å². The maximum atomic E-state index is 11.9. The molecule has 0 saturated heterocycles. The first-order valence-corrected chi connectivity index (χ1v) is 6.33. The molecule has 0 fully saturated rings. The molecule has 102 valence electrons. The van der Waals surface area contributed by atoms with Gasteiger partial charge in [0.15, 0.2) is 6.61 Å². The SMILES string of the molecule is FC(F)(F)COc1ccc(NCc2cccs2)cn1. The molecule has 3 nitrogen and oxygen atoms in total. The first-order valence-electron chi connectivity index (χ1n) is 5.45. The van der Waals surface area contributed by atoms with E-state index in [2.05, 4.69) is 15.0 Å². The zero-order valence-electron chi connectivity index (χ0n) is 9.78. The molecule has 0 bridgehead atoms. The number of thiophene rings is 1. The number of aromatic nitrogens is 1. The fourth-order valence-electron chi connectivity index (χ4n) is 1.33. The first-order chi connectivity index (χ1) is 9.03. The molecule has 0 atom stereocenters. The van der Waals surface area contributed by atoms with Crippen LogP contribution in [0.3, 0.4) is 0 Å². The van der Waals surface area contributed by atoms with E-state index in [-0.39, 0.29) is 5.88 Å². The largest absolute Gasteiger partial charge is 0.468 e. The van der Waals surface area contributed by atoms with Gasteiger partial charge in [-0.1, -0.05) is 6.07 Å². The second-order valence-corrected chi connectivity index (χ2v) is 4.75. The summed E-state index contributed by atoms with van der Waals surface area (Å²) in [6.45, 7) is -0.677. The molecule has 19 heavy (non-hydrogen) atoms. The number of pyridine rings is 1. The summed E-state index contributed by atoms with van der Waals surface area (Å²) in [6, 6.07) is 6.98. The van der Waals surface area contributed by atoms with Crippen LogP contribution in [0.15, 0.2) is 35.8 Å². The van der Waals surface area contributed by atoms with E-state index >= 15 is 0 Å². The van der Waals surface area contributed by atoms with Gasteiger partial charge in [-0.2, -0.15) is 13.2 Å². The molecule has 0 unspecified atom stereocenters. The van der Waals surface area contributed by atoms with Gasteiger partial charge in [0, 0.05) is 17.5 Å². The average molecular weight is 288 g/mol. The van der Waals surface area contributed by atoms with Crippen molar-refractivity contribution in [2.75, 3.05) is 11.9 Å². The fraction of sp³-hybridized carbons (Fsp3) is 0.250. The van der Waals surface area contributed by atoms with E-state index in [1.165, 1.54) is 12.3 Å². The lowest BCUT2D eigenvalue weighted by molar-refractivity contribution is -0.154.